The van der Waals surface area contributed by atoms with Gasteiger partial charge < -0.3 is 10.4 Å². The number of anilines is 1. The number of benzene rings is 1. The molecule has 8 heteroatoms. The Labute approximate surface area is 165 Å². The molecule has 3 heterocycles. The number of nitrogens with zero attached hydrogens (tertiary/aromatic N) is 1. The minimum absolute atomic E-state index is 0.256. The maximum Gasteiger partial charge on any atom is 0.250 e. The Balaban J connectivity index is 1.92. The number of aliphatic hydroxyl groups excluding tert-OH is 1. The number of imide groups is 1. The highest BCUT2D eigenvalue weighted by atomic mass is 79.9. The zero-order valence-corrected chi connectivity index (χ0v) is 16.9. The SMILES string of the molecule is CC[C@H](C)N1C(=O)[C@@H]2[C@H]([C@H](C)O)N[C@]3(C(=O)Nc4ccc(Br)cc43)[C@@H]2C1=O. The van der Waals surface area contributed by atoms with Crippen molar-refractivity contribution in [2.45, 2.75) is 50.9 Å². The second kappa shape index (κ2) is 6.12. The molecule has 0 bridgehead atoms. The lowest BCUT2D eigenvalue weighted by molar-refractivity contribution is -0.145. The van der Waals surface area contributed by atoms with Crippen LogP contribution in [0.5, 0.6) is 0 Å². The molecule has 3 N–H and O–H groups in total. The van der Waals surface area contributed by atoms with E-state index >= 15 is 0 Å². The fraction of sp³-hybridized carbons (Fsp3) is 0.526. The summed E-state index contributed by atoms with van der Waals surface area (Å²) in [5.41, 5.74) is -0.115. The van der Waals surface area contributed by atoms with Crippen LogP contribution < -0.4 is 10.6 Å². The van der Waals surface area contributed by atoms with Crippen LogP contribution in [0.15, 0.2) is 22.7 Å². The van der Waals surface area contributed by atoms with Crippen LogP contribution in [0.25, 0.3) is 0 Å². The minimum Gasteiger partial charge on any atom is -0.392 e. The highest BCUT2D eigenvalue weighted by molar-refractivity contribution is 9.10. The molecule has 0 aromatic heterocycles. The van der Waals surface area contributed by atoms with Gasteiger partial charge in [-0.3, -0.25) is 24.6 Å². The summed E-state index contributed by atoms with van der Waals surface area (Å²) in [4.78, 5) is 40.9. The summed E-state index contributed by atoms with van der Waals surface area (Å²) in [6.45, 7) is 5.31. The largest absolute Gasteiger partial charge is 0.392 e. The quantitative estimate of drug-likeness (QED) is 0.622. The molecule has 2 fully saturated rings. The number of likely N-dealkylation sites (tertiary alicyclic amines) is 1. The van der Waals surface area contributed by atoms with Crippen LogP contribution in [-0.2, 0) is 19.9 Å². The predicted octanol–water partition coefficient (Wildman–Crippen LogP) is 1.35. The van der Waals surface area contributed by atoms with E-state index in [1.165, 1.54) is 4.90 Å². The van der Waals surface area contributed by atoms with E-state index in [0.717, 1.165) is 4.47 Å². The molecule has 27 heavy (non-hydrogen) atoms. The molecule has 6 atom stereocenters. The van der Waals surface area contributed by atoms with Crippen molar-refractivity contribution >= 4 is 39.3 Å². The first kappa shape index (κ1) is 18.6. The van der Waals surface area contributed by atoms with Gasteiger partial charge in [0.25, 0.3) is 0 Å². The summed E-state index contributed by atoms with van der Waals surface area (Å²) in [6, 6.07) is 4.44. The van der Waals surface area contributed by atoms with Crippen LogP contribution in [0.2, 0.25) is 0 Å². The molecule has 3 aliphatic heterocycles. The Morgan fingerprint density at radius 1 is 1.26 bits per heavy atom. The Bertz CT molecular complexity index is 857. The van der Waals surface area contributed by atoms with E-state index in [1.807, 2.05) is 19.9 Å². The van der Waals surface area contributed by atoms with Gasteiger partial charge in [-0.1, -0.05) is 22.9 Å². The smallest absolute Gasteiger partial charge is 0.250 e. The van der Waals surface area contributed by atoms with Gasteiger partial charge in [-0.05, 0) is 38.5 Å². The van der Waals surface area contributed by atoms with Gasteiger partial charge in [-0.25, -0.2) is 0 Å². The Morgan fingerprint density at radius 3 is 2.59 bits per heavy atom. The van der Waals surface area contributed by atoms with E-state index < -0.39 is 29.5 Å². The average molecular weight is 436 g/mol. The Kier molecular flexibility index (Phi) is 4.21. The lowest BCUT2D eigenvalue weighted by Crippen LogP contribution is -2.55. The monoisotopic (exact) mass is 435 g/mol. The summed E-state index contributed by atoms with van der Waals surface area (Å²) in [5, 5.41) is 16.4. The molecule has 7 nitrogen and oxygen atoms in total. The lowest BCUT2D eigenvalue weighted by atomic mass is 9.76. The standard InChI is InChI=1S/C19H22BrN3O4/c1-4-8(2)23-16(25)13-14(17(23)26)19(22-15(13)9(3)24)11-7-10(20)5-6-12(11)21-18(19)27/h5-9,13-15,22,24H,4H2,1-3H3,(H,21,27)/t8-,9-,13-,14-,15-,19-/m0/s1. The molecule has 0 unspecified atom stereocenters. The molecule has 0 aliphatic carbocycles. The molecule has 1 spiro atoms. The van der Waals surface area contributed by atoms with Crippen LogP contribution in [0, 0.1) is 11.8 Å². The summed E-state index contributed by atoms with van der Waals surface area (Å²) in [6.07, 6.45) is -0.264. The molecule has 0 saturated carbocycles. The normalized spacial score (nSPS) is 34.0. The first-order chi connectivity index (χ1) is 12.7. The molecule has 1 aromatic carbocycles. The molecular weight excluding hydrogens is 414 g/mol. The molecule has 1 aromatic rings. The number of nitrogens with one attached hydrogen (secondary N) is 2. The van der Waals surface area contributed by atoms with Crippen molar-refractivity contribution in [1.29, 1.82) is 0 Å². The maximum atomic E-state index is 13.4. The summed E-state index contributed by atoms with van der Waals surface area (Å²) in [5.74, 6) is -2.68. The molecule has 0 radical (unpaired) electrons. The number of halogens is 1. The van der Waals surface area contributed by atoms with E-state index in [2.05, 4.69) is 26.6 Å². The summed E-state index contributed by atoms with van der Waals surface area (Å²) < 4.78 is 0.770. The van der Waals surface area contributed by atoms with Gasteiger partial charge in [-0.15, -0.1) is 0 Å². The number of fused-ring (bicyclic) bond motifs is 4. The van der Waals surface area contributed by atoms with E-state index in [9.17, 15) is 19.5 Å². The third-order valence-corrected chi connectivity index (χ3v) is 6.69. The Hall–Kier alpha value is -1.77. The maximum absolute atomic E-state index is 13.4. The number of hydrogen-bond donors (Lipinski definition) is 3. The number of amides is 3. The van der Waals surface area contributed by atoms with Crippen LogP contribution in [0.1, 0.15) is 32.8 Å². The third-order valence-electron chi connectivity index (χ3n) is 6.20. The van der Waals surface area contributed by atoms with Gasteiger partial charge in [-0.2, -0.15) is 0 Å². The molecule has 144 valence electrons. The van der Waals surface area contributed by atoms with Crippen molar-refractivity contribution in [2.75, 3.05) is 5.32 Å². The van der Waals surface area contributed by atoms with Crippen molar-refractivity contribution in [3.05, 3.63) is 28.2 Å². The van der Waals surface area contributed by atoms with Crippen LogP contribution in [0.4, 0.5) is 5.69 Å². The van der Waals surface area contributed by atoms with Crippen molar-refractivity contribution in [3.63, 3.8) is 0 Å². The lowest BCUT2D eigenvalue weighted by Gasteiger charge is -2.31. The van der Waals surface area contributed by atoms with Crippen molar-refractivity contribution < 1.29 is 19.5 Å². The second-order valence-corrected chi connectivity index (χ2v) is 8.59. The van der Waals surface area contributed by atoms with Crippen molar-refractivity contribution in [2.24, 2.45) is 11.8 Å². The van der Waals surface area contributed by atoms with Crippen LogP contribution in [-0.4, -0.2) is 45.9 Å². The molecule has 4 rings (SSSR count). The van der Waals surface area contributed by atoms with Crippen LogP contribution in [0.3, 0.4) is 0 Å². The number of carbonyl (C=O) groups excluding carboxylic acids is 3. The van der Waals surface area contributed by atoms with E-state index in [0.29, 0.717) is 17.7 Å². The zero-order chi connectivity index (χ0) is 19.7. The third kappa shape index (κ3) is 2.30. The number of rotatable bonds is 3. The second-order valence-electron chi connectivity index (χ2n) is 7.67. The molecule has 3 aliphatic rings. The van der Waals surface area contributed by atoms with Gasteiger partial charge in [0.15, 0.2) is 0 Å². The number of aliphatic hydroxyl groups is 1. The Morgan fingerprint density at radius 2 is 1.96 bits per heavy atom. The van der Waals surface area contributed by atoms with Crippen molar-refractivity contribution in [1.82, 2.24) is 10.2 Å². The average Bonchev–Trinajstić information content (AvgIpc) is 3.20. The van der Waals surface area contributed by atoms with E-state index in [1.54, 1.807) is 19.1 Å². The minimum atomic E-state index is -1.36. The van der Waals surface area contributed by atoms with Crippen LogP contribution >= 0.6 is 15.9 Å². The zero-order valence-electron chi connectivity index (χ0n) is 15.3. The fourth-order valence-electron chi connectivity index (χ4n) is 4.76. The topological polar surface area (TPSA) is 98.7 Å². The predicted molar refractivity (Wildman–Crippen MR) is 102 cm³/mol. The summed E-state index contributed by atoms with van der Waals surface area (Å²) >= 11 is 3.43. The highest BCUT2D eigenvalue weighted by Gasteiger charge is 2.71. The number of hydrogen-bond acceptors (Lipinski definition) is 5. The molecule has 2 saturated heterocycles. The van der Waals surface area contributed by atoms with Gasteiger partial charge in [0.1, 0.15) is 5.54 Å². The number of carbonyl (C=O) groups is 3. The highest BCUT2D eigenvalue weighted by Crippen LogP contribution is 2.54. The fourth-order valence-corrected chi connectivity index (χ4v) is 5.12. The van der Waals surface area contributed by atoms with E-state index in [-0.39, 0.29) is 23.8 Å². The molecular formula is C19H22BrN3O4. The molecule has 3 amide bonds. The van der Waals surface area contributed by atoms with Crippen molar-refractivity contribution in [3.8, 4) is 0 Å². The van der Waals surface area contributed by atoms with Gasteiger partial charge in [0, 0.05) is 27.8 Å². The van der Waals surface area contributed by atoms with Gasteiger partial charge in [0.2, 0.25) is 17.7 Å². The first-order valence-corrected chi connectivity index (χ1v) is 9.97. The van der Waals surface area contributed by atoms with Gasteiger partial charge in [0.05, 0.1) is 17.9 Å². The first-order valence-electron chi connectivity index (χ1n) is 9.18. The van der Waals surface area contributed by atoms with E-state index in [4.69, 9.17) is 0 Å². The summed E-state index contributed by atoms with van der Waals surface area (Å²) in [7, 11) is 0. The van der Waals surface area contributed by atoms with Gasteiger partial charge >= 0.3 is 0 Å².